The molecule has 2 fully saturated rings. The lowest BCUT2D eigenvalue weighted by molar-refractivity contribution is -0.897. The highest BCUT2D eigenvalue weighted by Gasteiger charge is 2.27. The number of quaternary nitrogens is 1. The highest BCUT2D eigenvalue weighted by atomic mass is 16.5. The van der Waals surface area contributed by atoms with Crippen LogP contribution in [0.2, 0.25) is 0 Å². The molecule has 2 aliphatic rings. The second-order valence-corrected chi connectivity index (χ2v) is 6.83. The topological polar surface area (TPSA) is 30.7 Å². The minimum Gasteiger partial charge on any atom is -0.461 e. The van der Waals surface area contributed by atoms with E-state index in [1.54, 1.807) is 0 Å². The fraction of sp³-hybridized carbons (Fsp3) is 0.938. The zero-order valence-corrected chi connectivity index (χ0v) is 12.6. The molecule has 1 saturated carbocycles. The van der Waals surface area contributed by atoms with E-state index in [1.165, 1.54) is 43.4 Å². The van der Waals surface area contributed by atoms with Gasteiger partial charge in [0.2, 0.25) is 0 Å². The zero-order chi connectivity index (χ0) is 13.7. The minimum absolute atomic E-state index is 0.0164. The second kappa shape index (κ2) is 7.28. The summed E-state index contributed by atoms with van der Waals surface area (Å²) in [7, 11) is 0. The quantitative estimate of drug-likeness (QED) is 0.786. The third kappa shape index (κ3) is 4.79. The number of piperidine rings is 1. The average Bonchev–Trinajstić information content (AvgIpc) is 2.39. The number of nitrogens with one attached hydrogen (secondary N) is 1. The molecule has 0 spiro atoms. The third-order valence-electron chi connectivity index (χ3n) is 5.02. The molecule has 3 nitrogen and oxygen atoms in total. The lowest BCUT2D eigenvalue weighted by Crippen LogP contribution is -3.13. The van der Waals surface area contributed by atoms with Crippen LogP contribution in [0.5, 0.6) is 0 Å². The van der Waals surface area contributed by atoms with Crippen molar-refractivity contribution in [3.63, 3.8) is 0 Å². The number of hydrogen-bond acceptors (Lipinski definition) is 2. The largest absolute Gasteiger partial charge is 0.461 e. The summed E-state index contributed by atoms with van der Waals surface area (Å²) >= 11 is 0. The van der Waals surface area contributed by atoms with Gasteiger partial charge in [0.25, 0.3) is 0 Å². The number of ether oxygens (including phenoxy) is 1. The summed E-state index contributed by atoms with van der Waals surface area (Å²) in [6.07, 6.45) is 7.67. The molecule has 3 heteroatoms. The predicted octanol–water partition coefficient (Wildman–Crippen LogP) is 1.67. The van der Waals surface area contributed by atoms with E-state index in [4.69, 9.17) is 4.74 Å². The number of rotatable bonds is 4. The molecule has 1 heterocycles. The van der Waals surface area contributed by atoms with E-state index in [2.05, 4.69) is 13.8 Å². The summed E-state index contributed by atoms with van der Waals surface area (Å²) in [5, 5.41) is 0. The summed E-state index contributed by atoms with van der Waals surface area (Å²) < 4.78 is 5.53. The first kappa shape index (κ1) is 14.8. The molecule has 0 aromatic heterocycles. The van der Waals surface area contributed by atoms with Crippen LogP contribution < -0.4 is 4.90 Å². The first-order valence-electron chi connectivity index (χ1n) is 8.14. The summed E-state index contributed by atoms with van der Waals surface area (Å²) in [5.74, 6) is 2.16. The predicted molar refractivity (Wildman–Crippen MR) is 76.0 cm³/mol. The summed E-state index contributed by atoms with van der Waals surface area (Å²) in [6, 6.07) is 0. The number of esters is 1. The van der Waals surface area contributed by atoms with Crippen LogP contribution in [-0.4, -0.2) is 32.2 Å². The van der Waals surface area contributed by atoms with Crippen LogP contribution in [0.15, 0.2) is 0 Å². The van der Waals surface area contributed by atoms with Crippen LogP contribution in [0.3, 0.4) is 0 Å². The van der Waals surface area contributed by atoms with E-state index in [1.807, 2.05) is 0 Å². The molecule has 1 aliphatic heterocycles. The Morgan fingerprint density at radius 1 is 1.16 bits per heavy atom. The molecule has 0 unspecified atom stereocenters. The van der Waals surface area contributed by atoms with Gasteiger partial charge in [0.05, 0.1) is 19.7 Å². The molecule has 110 valence electrons. The second-order valence-electron chi connectivity index (χ2n) is 6.83. The van der Waals surface area contributed by atoms with Crippen molar-refractivity contribution in [2.75, 3.05) is 26.2 Å². The Kier molecular flexibility index (Phi) is 5.68. The maximum atomic E-state index is 11.9. The first-order chi connectivity index (χ1) is 9.15. The van der Waals surface area contributed by atoms with Gasteiger partial charge in [-0.3, -0.25) is 0 Å². The van der Waals surface area contributed by atoms with E-state index in [0.29, 0.717) is 25.0 Å². The molecule has 1 saturated heterocycles. The van der Waals surface area contributed by atoms with Crippen molar-refractivity contribution in [3.8, 4) is 0 Å². The van der Waals surface area contributed by atoms with Crippen molar-refractivity contribution in [1.82, 2.24) is 0 Å². The van der Waals surface area contributed by atoms with Gasteiger partial charge in [0, 0.05) is 0 Å². The smallest absolute Gasteiger partial charge is 0.361 e. The summed E-state index contributed by atoms with van der Waals surface area (Å²) in [6.45, 7) is 8.17. The van der Waals surface area contributed by atoms with Gasteiger partial charge in [-0.15, -0.1) is 0 Å². The number of hydrogen-bond donors (Lipinski definition) is 1. The fourth-order valence-corrected chi connectivity index (χ4v) is 3.66. The average molecular weight is 268 g/mol. The van der Waals surface area contributed by atoms with Gasteiger partial charge < -0.3 is 9.64 Å². The molecule has 3 atom stereocenters. The molecule has 1 N–H and O–H groups in total. The lowest BCUT2D eigenvalue weighted by atomic mass is 9.76. The molecule has 0 radical (unpaired) electrons. The van der Waals surface area contributed by atoms with E-state index in [9.17, 15) is 4.79 Å². The standard InChI is InChI=1S/C16H29NO2/c1-13-6-7-15(14(2)10-13)12-19-16(18)11-17-8-4-3-5-9-17/h13-15H,3-12H2,1-2H3/p+1/t13-,14+,15+/m0/s1. The Labute approximate surface area is 117 Å². The molecule has 0 aromatic rings. The van der Waals surface area contributed by atoms with Crippen molar-refractivity contribution in [1.29, 1.82) is 0 Å². The van der Waals surface area contributed by atoms with E-state index < -0.39 is 0 Å². The van der Waals surface area contributed by atoms with Gasteiger partial charge >= 0.3 is 5.97 Å². The molecule has 2 rings (SSSR count). The summed E-state index contributed by atoms with van der Waals surface area (Å²) in [4.78, 5) is 13.3. The van der Waals surface area contributed by atoms with Crippen molar-refractivity contribution in [2.24, 2.45) is 17.8 Å². The van der Waals surface area contributed by atoms with Gasteiger partial charge in [0.1, 0.15) is 0 Å². The minimum atomic E-state index is 0.0164. The van der Waals surface area contributed by atoms with Crippen LogP contribution in [0, 0.1) is 17.8 Å². The maximum absolute atomic E-state index is 11.9. The third-order valence-corrected chi connectivity index (χ3v) is 5.02. The highest BCUT2D eigenvalue weighted by Crippen LogP contribution is 2.33. The highest BCUT2D eigenvalue weighted by molar-refractivity contribution is 5.70. The summed E-state index contributed by atoms with van der Waals surface area (Å²) in [5.41, 5.74) is 0. The van der Waals surface area contributed by atoms with E-state index >= 15 is 0 Å². The number of carbonyl (C=O) groups excluding carboxylic acids is 1. The number of likely N-dealkylation sites (tertiary alicyclic amines) is 1. The monoisotopic (exact) mass is 268 g/mol. The van der Waals surface area contributed by atoms with E-state index in [-0.39, 0.29) is 5.97 Å². The molecule has 1 aliphatic carbocycles. The molecule has 19 heavy (non-hydrogen) atoms. The van der Waals surface area contributed by atoms with Gasteiger partial charge in [-0.05, 0) is 49.9 Å². The molecular weight excluding hydrogens is 238 g/mol. The molecule has 0 bridgehead atoms. The van der Waals surface area contributed by atoms with Crippen molar-refractivity contribution in [2.45, 2.75) is 52.4 Å². The lowest BCUT2D eigenvalue weighted by Gasteiger charge is -2.32. The van der Waals surface area contributed by atoms with Gasteiger partial charge in [-0.2, -0.15) is 0 Å². The van der Waals surface area contributed by atoms with Crippen LogP contribution in [0.25, 0.3) is 0 Å². The van der Waals surface area contributed by atoms with E-state index in [0.717, 1.165) is 19.0 Å². The normalized spacial score (nSPS) is 33.1. The van der Waals surface area contributed by atoms with Crippen LogP contribution >= 0.6 is 0 Å². The zero-order valence-electron chi connectivity index (χ0n) is 12.6. The Hall–Kier alpha value is -0.570. The van der Waals surface area contributed by atoms with Gasteiger partial charge in [0.15, 0.2) is 6.54 Å². The van der Waals surface area contributed by atoms with Gasteiger partial charge in [-0.25, -0.2) is 4.79 Å². The van der Waals surface area contributed by atoms with Crippen LogP contribution in [0.1, 0.15) is 52.4 Å². The fourth-order valence-electron chi connectivity index (χ4n) is 3.66. The Morgan fingerprint density at radius 3 is 2.58 bits per heavy atom. The SMILES string of the molecule is C[C@H]1CC[C@H](COC(=O)C[NH+]2CCCCC2)[C@H](C)C1. The molecule has 0 aromatic carbocycles. The molecule has 0 amide bonds. The van der Waals surface area contributed by atoms with Crippen molar-refractivity contribution < 1.29 is 14.4 Å². The number of carbonyl (C=O) groups is 1. The van der Waals surface area contributed by atoms with Crippen LogP contribution in [-0.2, 0) is 9.53 Å². The van der Waals surface area contributed by atoms with Crippen molar-refractivity contribution in [3.05, 3.63) is 0 Å². The Balaban J connectivity index is 1.65. The first-order valence-corrected chi connectivity index (χ1v) is 8.14. The Morgan fingerprint density at radius 2 is 1.89 bits per heavy atom. The van der Waals surface area contributed by atoms with Crippen molar-refractivity contribution >= 4 is 5.97 Å². The maximum Gasteiger partial charge on any atom is 0.361 e. The van der Waals surface area contributed by atoms with Gasteiger partial charge in [-0.1, -0.05) is 20.3 Å². The van der Waals surface area contributed by atoms with Crippen LogP contribution in [0.4, 0.5) is 0 Å². The molecular formula is C16H30NO2+. The Bertz CT molecular complexity index is 286.